The van der Waals surface area contributed by atoms with Crippen LogP contribution < -0.4 is 5.43 Å². The van der Waals surface area contributed by atoms with Gasteiger partial charge in [-0.3, -0.25) is 14.9 Å². The highest BCUT2D eigenvalue weighted by molar-refractivity contribution is 7.09. The fourth-order valence-electron chi connectivity index (χ4n) is 1.96. The topological polar surface area (TPSA) is 84.6 Å². The normalized spacial score (nSPS) is 10.8. The largest absolute Gasteiger partial charge is 0.273 e. The van der Waals surface area contributed by atoms with Crippen molar-refractivity contribution in [3.8, 4) is 0 Å². The van der Waals surface area contributed by atoms with E-state index in [-0.39, 0.29) is 11.6 Å². The van der Waals surface area contributed by atoms with Crippen molar-refractivity contribution in [2.45, 2.75) is 25.7 Å². The van der Waals surface area contributed by atoms with Crippen molar-refractivity contribution >= 4 is 29.1 Å². The Kier molecular flexibility index (Phi) is 6.43. The number of nitrogens with one attached hydrogen (secondary N) is 1. The molecular weight excluding hydrogens is 314 g/mol. The van der Waals surface area contributed by atoms with E-state index < -0.39 is 4.92 Å². The van der Waals surface area contributed by atoms with Crippen LogP contribution in [0.5, 0.6) is 0 Å². The number of hydrazone groups is 1. The number of hydrogen-bond acceptors (Lipinski definition) is 5. The third kappa shape index (κ3) is 5.99. The Labute approximate surface area is 138 Å². The molecule has 0 unspecified atom stereocenters. The van der Waals surface area contributed by atoms with Crippen LogP contribution in [0.25, 0.3) is 0 Å². The third-order valence-electron chi connectivity index (χ3n) is 3.16. The first-order chi connectivity index (χ1) is 11.1. The van der Waals surface area contributed by atoms with Crippen molar-refractivity contribution in [3.63, 3.8) is 0 Å². The van der Waals surface area contributed by atoms with Gasteiger partial charge >= 0.3 is 0 Å². The SMILES string of the molecule is O=C(CCCCc1cccs1)N/N=C/c1ccc([N+](=O)[O-])cc1. The van der Waals surface area contributed by atoms with Crippen molar-refractivity contribution in [2.24, 2.45) is 5.10 Å². The molecule has 0 aliphatic carbocycles. The number of unbranched alkanes of at least 4 members (excludes halogenated alkanes) is 1. The smallest absolute Gasteiger partial charge is 0.269 e. The van der Waals surface area contributed by atoms with Gasteiger partial charge in [0.15, 0.2) is 0 Å². The molecule has 1 aromatic carbocycles. The van der Waals surface area contributed by atoms with E-state index >= 15 is 0 Å². The summed E-state index contributed by atoms with van der Waals surface area (Å²) in [6, 6.07) is 10.1. The minimum Gasteiger partial charge on any atom is -0.273 e. The van der Waals surface area contributed by atoms with Gasteiger partial charge in [-0.2, -0.15) is 5.10 Å². The van der Waals surface area contributed by atoms with Gasteiger partial charge in [-0.25, -0.2) is 5.43 Å². The van der Waals surface area contributed by atoms with Gasteiger partial charge in [0.1, 0.15) is 0 Å². The molecule has 0 aliphatic rings. The molecule has 0 atom stereocenters. The number of nitro groups is 1. The second kappa shape index (κ2) is 8.79. The van der Waals surface area contributed by atoms with E-state index in [1.807, 2.05) is 6.07 Å². The quantitative estimate of drug-likeness (QED) is 0.347. The van der Waals surface area contributed by atoms with Crippen molar-refractivity contribution in [1.82, 2.24) is 5.43 Å². The molecule has 0 saturated heterocycles. The molecule has 1 heterocycles. The number of nitro benzene ring substituents is 1. The maximum atomic E-state index is 11.6. The first-order valence-electron chi connectivity index (χ1n) is 7.24. The monoisotopic (exact) mass is 331 g/mol. The molecule has 1 amide bonds. The molecule has 0 spiro atoms. The number of amides is 1. The van der Waals surface area contributed by atoms with Gasteiger partial charge in [-0.15, -0.1) is 11.3 Å². The van der Waals surface area contributed by atoms with Crippen LogP contribution in [0.15, 0.2) is 46.9 Å². The van der Waals surface area contributed by atoms with Gasteiger partial charge < -0.3 is 0 Å². The summed E-state index contributed by atoms with van der Waals surface area (Å²) in [6.07, 6.45) is 4.68. The summed E-state index contributed by atoms with van der Waals surface area (Å²) in [6.45, 7) is 0. The van der Waals surface area contributed by atoms with Crippen LogP contribution in [0.3, 0.4) is 0 Å². The number of carbonyl (C=O) groups excluding carboxylic acids is 1. The molecule has 120 valence electrons. The van der Waals surface area contributed by atoms with Gasteiger partial charge in [0.25, 0.3) is 5.69 Å². The number of nitrogens with zero attached hydrogens (tertiary/aromatic N) is 2. The van der Waals surface area contributed by atoms with Crippen LogP contribution in [-0.2, 0) is 11.2 Å². The Balaban J connectivity index is 1.66. The van der Waals surface area contributed by atoms with E-state index in [4.69, 9.17) is 0 Å². The maximum absolute atomic E-state index is 11.6. The lowest BCUT2D eigenvalue weighted by Gasteiger charge is -2.00. The number of aryl methyl sites for hydroxylation is 1. The summed E-state index contributed by atoms with van der Waals surface area (Å²) >= 11 is 1.73. The van der Waals surface area contributed by atoms with Crippen LogP contribution in [0, 0.1) is 10.1 Å². The van der Waals surface area contributed by atoms with Crippen molar-refractivity contribution < 1.29 is 9.72 Å². The van der Waals surface area contributed by atoms with Gasteiger partial charge in [0.2, 0.25) is 5.91 Å². The first kappa shape index (κ1) is 16.8. The number of carbonyl (C=O) groups is 1. The lowest BCUT2D eigenvalue weighted by Crippen LogP contribution is -2.16. The Morgan fingerprint density at radius 3 is 2.70 bits per heavy atom. The Bertz CT molecular complexity index is 666. The van der Waals surface area contributed by atoms with E-state index in [2.05, 4.69) is 22.0 Å². The summed E-state index contributed by atoms with van der Waals surface area (Å²) < 4.78 is 0. The lowest BCUT2D eigenvalue weighted by molar-refractivity contribution is -0.384. The molecular formula is C16H17N3O3S. The minimum absolute atomic E-state index is 0.0249. The standard InChI is InChI=1S/C16H17N3O3S/c20-16(6-2-1-4-15-5-3-11-23-15)18-17-12-13-7-9-14(10-8-13)19(21)22/h3,5,7-12H,1-2,4,6H2,(H,18,20)/b17-12+. The number of benzene rings is 1. The second-order valence-corrected chi connectivity index (χ2v) is 5.96. The predicted molar refractivity (Wildman–Crippen MR) is 90.7 cm³/mol. The molecule has 0 aliphatic heterocycles. The molecule has 23 heavy (non-hydrogen) atoms. The molecule has 1 aromatic heterocycles. The molecule has 0 bridgehead atoms. The highest BCUT2D eigenvalue weighted by Gasteiger charge is 2.03. The van der Waals surface area contributed by atoms with Gasteiger partial charge in [0.05, 0.1) is 11.1 Å². The zero-order chi connectivity index (χ0) is 16.5. The molecule has 6 nitrogen and oxygen atoms in total. The molecule has 2 rings (SSSR count). The maximum Gasteiger partial charge on any atom is 0.269 e. The molecule has 0 radical (unpaired) electrons. The van der Waals surface area contributed by atoms with E-state index in [9.17, 15) is 14.9 Å². The zero-order valence-corrected chi connectivity index (χ0v) is 13.3. The van der Waals surface area contributed by atoms with Gasteiger partial charge in [-0.05, 0) is 48.4 Å². The Hall–Kier alpha value is -2.54. The summed E-state index contributed by atoms with van der Waals surface area (Å²) in [5.74, 6) is -0.130. The number of hydrogen-bond donors (Lipinski definition) is 1. The molecule has 2 aromatic rings. The van der Waals surface area contributed by atoms with E-state index in [0.29, 0.717) is 12.0 Å². The third-order valence-corrected chi connectivity index (χ3v) is 4.10. The second-order valence-electron chi connectivity index (χ2n) is 4.93. The Morgan fingerprint density at radius 2 is 2.04 bits per heavy atom. The van der Waals surface area contributed by atoms with Crippen molar-refractivity contribution in [3.05, 3.63) is 62.3 Å². The number of thiophene rings is 1. The van der Waals surface area contributed by atoms with E-state index in [1.165, 1.54) is 23.2 Å². The van der Waals surface area contributed by atoms with E-state index in [0.717, 1.165) is 19.3 Å². The van der Waals surface area contributed by atoms with Crippen LogP contribution >= 0.6 is 11.3 Å². The van der Waals surface area contributed by atoms with Crippen LogP contribution in [0.2, 0.25) is 0 Å². The number of non-ortho nitro benzene ring substituents is 1. The van der Waals surface area contributed by atoms with E-state index in [1.54, 1.807) is 23.5 Å². The minimum atomic E-state index is -0.459. The summed E-state index contributed by atoms with van der Waals surface area (Å²) in [7, 11) is 0. The number of rotatable bonds is 8. The average molecular weight is 331 g/mol. The van der Waals surface area contributed by atoms with Crippen molar-refractivity contribution in [1.29, 1.82) is 0 Å². The fraction of sp³-hybridized carbons (Fsp3) is 0.250. The highest BCUT2D eigenvalue weighted by Crippen LogP contribution is 2.12. The lowest BCUT2D eigenvalue weighted by atomic mass is 10.2. The summed E-state index contributed by atoms with van der Waals surface area (Å²) in [4.78, 5) is 23.0. The molecule has 1 N–H and O–H groups in total. The Morgan fingerprint density at radius 1 is 1.26 bits per heavy atom. The zero-order valence-electron chi connectivity index (χ0n) is 12.5. The van der Waals surface area contributed by atoms with Gasteiger partial charge in [0, 0.05) is 23.4 Å². The summed E-state index contributed by atoms with van der Waals surface area (Å²) in [5.41, 5.74) is 3.17. The molecule has 7 heteroatoms. The predicted octanol–water partition coefficient (Wildman–Crippen LogP) is 3.52. The van der Waals surface area contributed by atoms with Crippen LogP contribution in [0.4, 0.5) is 5.69 Å². The summed E-state index contributed by atoms with van der Waals surface area (Å²) in [5, 5.41) is 16.4. The van der Waals surface area contributed by atoms with Crippen LogP contribution in [0.1, 0.15) is 29.7 Å². The van der Waals surface area contributed by atoms with Crippen molar-refractivity contribution in [2.75, 3.05) is 0 Å². The molecule has 0 fully saturated rings. The van der Waals surface area contributed by atoms with Gasteiger partial charge in [-0.1, -0.05) is 6.07 Å². The average Bonchev–Trinajstić information content (AvgIpc) is 3.05. The first-order valence-corrected chi connectivity index (χ1v) is 8.12. The van der Waals surface area contributed by atoms with Crippen LogP contribution in [-0.4, -0.2) is 17.0 Å². The fourth-order valence-corrected chi connectivity index (χ4v) is 2.71. The molecule has 0 saturated carbocycles. The highest BCUT2D eigenvalue weighted by atomic mass is 32.1.